The molecule has 0 saturated heterocycles. The lowest BCUT2D eigenvalue weighted by Gasteiger charge is -2.19. The van der Waals surface area contributed by atoms with Crippen LogP contribution in [0, 0.1) is 12.7 Å². The van der Waals surface area contributed by atoms with Gasteiger partial charge >= 0.3 is 0 Å². The predicted molar refractivity (Wildman–Crippen MR) is 83.8 cm³/mol. The van der Waals surface area contributed by atoms with Gasteiger partial charge in [0.15, 0.2) is 0 Å². The molecule has 0 spiro atoms. The lowest BCUT2D eigenvalue weighted by molar-refractivity contribution is 0.550. The van der Waals surface area contributed by atoms with Gasteiger partial charge in [-0.3, -0.25) is 0 Å². The predicted octanol–water partition coefficient (Wildman–Crippen LogP) is 3.76. The normalized spacial score (nSPS) is 16.5. The summed E-state index contributed by atoms with van der Waals surface area (Å²) in [5.74, 6) is -0.449. The summed E-state index contributed by atoms with van der Waals surface area (Å²) < 4.78 is 41.1. The van der Waals surface area contributed by atoms with Crippen LogP contribution in [-0.2, 0) is 15.6 Å². The maximum atomic E-state index is 13.2. The second-order valence-corrected chi connectivity index (χ2v) is 7.69. The topological polar surface area (TPSA) is 46.2 Å². The molecule has 0 heterocycles. The summed E-state index contributed by atoms with van der Waals surface area (Å²) in [6, 6.07) is 10.8. The van der Waals surface area contributed by atoms with Crippen molar-refractivity contribution in [3.05, 3.63) is 64.4 Å². The fraction of sp³-hybridized carbons (Fsp3) is 0.250. The summed E-state index contributed by atoms with van der Waals surface area (Å²) >= 11 is 5.87. The zero-order valence-corrected chi connectivity index (χ0v) is 13.5. The zero-order chi connectivity index (χ0) is 16.0. The summed E-state index contributed by atoms with van der Waals surface area (Å²) in [6.45, 7) is 1.58. The van der Waals surface area contributed by atoms with Crippen molar-refractivity contribution in [3.8, 4) is 0 Å². The van der Waals surface area contributed by atoms with Crippen molar-refractivity contribution in [2.45, 2.75) is 30.2 Å². The van der Waals surface area contributed by atoms with Crippen molar-refractivity contribution in [1.82, 2.24) is 4.72 Å². The number of hydrogen-bond acceptors (Lipinski definition) is 2. The summed E-state index contributed by atoms with van der Waals surface area (Å²) in [7, 11) is -3.71. The molecule has 0 radical (unpaired) electrons. The molecule has 0 unspecified atom stereocenters. The van der Waals surface area contributed by atoms with Crippen molar-refractivity contribution in [1.29, 1.82) is 0 Å². The molecule has 2 aromatic rings. The van der Waals surface area contributed by atoms with Gasteiger partial charge in [-0.2, -0.15) is 0 Å². The monoisotopic (exact) mass is 339 g/mol. The molecule has 22 heavy (non-hydrogen) atoms. The number of aryl methyl sites for hydroxylation is 1. The molecule has 1 saturated carbocycles. The Bertz CT molecular complexity index is 815. The average molecular weight is 340 g/mol. The molecule has 1 fully saturated rings. The molecule has 0 aliphatic heterocycles. The van der Waals surface area contributed by atoms with Crippen LogP contribution in [0.1, 0.15) is 24.0 Å². The van der Waals surface area contributed by atoms with E-state index in [1.165, 1.54) is 12.1 Å². The van der Waals surface area contributed by atoms with E-state index in [0.717, 1.165) is 24.5 Å². The second-order valence-electron chi connectivity index (χ2n) is 5.60. The van der Waals surface area contributed by atoms with E-state index in [9.17, 15) is 12.8 Å². The van der Waals surface area contributed by atoms with Gasteiger partial charge in [0.2, 0.25) is 10.0 Å². The Morgan fingerprint density at radius 1 is 1.14 bits per heavy atom. The zero-order valence-electron chi connectivity index (χ0n) is 11.9. The van der Waals surface area contributed by atoms with Gasteiger partial charge in [-0.15, -0.1) is 0 Å². The van der Waals surface area contributed by atoms with Gasteiger partial charge in [0, 0.05) is 5.02 Å². The Labute approximate surface area is 134 Å². The maximum absolute atomic E-state index is 13.2. The molecular formula is C16H15ClFNO2S. The third kappa shape index (κ3) is 2.89. The summed E-state index contributed by atoms with van der Waals surface area (Å²) in [4.78, 5) is 0.106. The van der Waals surface area contributed by atoms with Crippen LogP contribution in [0.4, 0.5) is 4.39 Å². The number of sulfonamides is 1. The first-order valence-corrected chi connectivity index (χ1v) is 8.75. The highest BCUT2D eigenvalue weighted by Gasteiger charge is 2.47. The van der Waals surface area contributed by atoms with E-state index in [1.54, 1.807) is 19.1 Å². The van der Waals surface area contributed by atoms with Crippen LogP contribution in [-0.4, -0.2) is 8.42 Å². The minimum absolute atomic E-state index is 0.106. The smallest absolute Gasteiger partial charge is 0.207 e. The van der Waals surface area contributed by atoms with Gasteiger partial charge in [-0.05, 0) is 61.2 Å². The van der Waals surface area contributed by atoms with E-state index in [0.29, 0.717) is 10.6 Å². The van der Waals surface area contributed by atoms with E-state index in [4.69, 9.17) is 11.6 Å². The molecule has 1 N–H and O–H groups in total. The summed E-state index contributed by atoms with van der Waals surface area (Å²) in [5, 5.41) is 0.608. The quantitative estimate of drug-likeness (QED) is 0.922. The van der Waals surface area contributed by atoms with E-state index in [-0.39, 0.29) is 4.90 Å². The fourth-order valence-corrected chi connectivity index (χ4v) is 4.37. The molecule has 3 nitrogen and oxygen atoms in total. The summed E-state index contributed by atoms with van der Waals surface area (Å²) in [5.41, 5.74) is 0.698. The van der Waals surface area contributed by atoms with Gasteiger partial charge in [-0.1, -0.05) is 23.7 Å². The van der Waals surface area contributed by atoms with E-state index < -0.39 is 21.4 Å². The van der Waals surface area contributed by atoms with Crippen LogP contribution in [0.2, 0.25) is 5.02 Å². The first-order valence-electron chi connectivity index (χ1n) is 6.89. The first kappa shape index (κ1) is 15.5. The Morgan fingerprint density at radius 3 is 2.32 bits per heavy atom. The Kier molecular flexibility index (Phi) is 3.75. The molecule has 0 aromatic heterocycles. The molecule has 0 amide bonds. The van der Waals surface area contributed by atoms with Crippen LogP contribution in [0.3, 0.4) is 0 Å². The average Bonchev–Trinajstić information content (AvgIpc) is 3.19. The highest BCUT2D eigenvalue weighted by atomic mass is 35.5. The molecular weight excluding hydrogens is 325 g/mol. The van der Waals surface area contributed by atoms with Gasteiger partial charge in [-0.25, -0.2) is 17.5 Å². The van der Waals surface area contributed by atoms with E-state index in [2.05, 4.69) is 4.72 Å². The van der Waals surface area contributed by atoms with Crippen molar-refractivity contribution in [3.63, 3.8) is 0 Å². The van der Waals surface area contributed by atoms with E-state index >= 15 is 0 Å². The largest absolute Gasteiger partial charge is 0.241 e. The minimum atomic E-state index is -3.71. The standard InChI is InChI=1S/C16H15ClFNO2S/c1-11-10-14(18)6-7-15(11)22(20,21)19-16(8-9-16)12-2-4-13(17)5-3-12/h2-7,10,19H,8-9H2,1H3. The minimum Gasteiger partial charge on any atom is -0.207 e. The lowest BCUT2D eigenvalue weighted by Crippen LogP contribution is -2.35. The SMILES string of the molecule is Cc1cc(F)ccc1S(=O)(=O)NC1(c2ccc(Cl)cc2)CC1. The molecule has 3 rings (SSSR count). The second kappa shape index (κ2) is 5.33. The maximum Gasteiger partial charge on any atom is 0.241 e. The molecule has 2 aromatic carbocycles. The van der Waals surface area contributed by atoms with E-state index in [1.807, 2.05) is 12.1 Å². The van der Waals surface area contributed by atoms with Crippen molar-refractivity contribution >= 4 is 21.6 Å². The molecule has 116 valence electrons. The Balaban J connectivity index is 1.93. The molecule has 0 bridgehead atoms. The van der Waals surface area contributed by atoms with Crippen molar-refractivity contribution in [2.24, 2.45) is 0 Å². The van der Waals surface area contributed by atoms with Crippen molar-refractivity contribution in [2.75, 3.05) is 0 Å². The fourth-order valence-electron chi connectivity index (χ4n) is 2.57. The van der Waals surface area contributed by atoms with Crippen molar-refractivity contribution < 1.29 is 12.8 Å². The highest BCUT2D eigenvalue weighted by Crippen LogP contribution is 2.46. The van der Waals surface area contributed by atoms with Crippen LogP contribution in [0.15, 0.2) is 47.4 Å². The molecule has 0 atom stereocenters. The van der Waals surface area contributed by atoms with Gasteiger partial charge < -0.3 is 0 Å². The Morgan fingerprint density at radius 2 is 1.77 bits per heavy atom. The number of nitrogens with one attached hydrogen (secondary N) is 1. The number of hydrogen-bond donors (Lipinski definition) is 1. The van der Waals surface area contributed by atoms with Gasteiger partial charge in [0.1, 0.15) is 5.82 Å². The van der Waals surface area contributed by atoms with Crippen LogP contribution in [0.25, 0.3) is 0 Å². The first-order chi connectivity index (χ1) is 10.3. The van der Waals surface area contributed by atoms with Gasteiger partial charge in [0.05, 0.1) is 10.4 Å². The third-order valence-electron chi connectivity index (χ3n) is 3.90. The molecule has 1 aliphatic rings. The molecule has 1 aliphatic carbocycles. The van der Waals surface area contributed by atoms with Crippen LogP contribution in [0.5, 0.6) is 0 Å². The highest BCUT2D eigenvalue weighted by molar-refractivity contribution is 7.89. The summed E-state index contributed by atoms with van der Waals surface area (Å²) in [6.07, 6.45) is 1.46. The lowest BCUT2D eigenvalue weighted by atomic mass is 10.1. The number of halogens is 2. The molecule has 6 heteroatoms. The van der Waals surface area contributed by atoms with Crippen LogP contribution < -0.4 is 4.72 Å². The number of benzene rings is 2. The number of rotatable bonds is 4. The Hall–Kier alpha value is -1.43. The van der Waals surface area contributed by atoms with Gasteiger partial charge in [0.25, 0.3) is 0 Å². The third-order valence-corrected chi connectivity index (χ3v) is 5.85. The van der Waals surface area contributed by atoms with Crippen LogP contribution >= 0.6 is 11.6 Å².